The third kappa shape index (κ3) is 4.37. The second-order valence-corrected chi connectivity index (χ2v) is 4.92. The Balaban J connectivity index is 4.10. The van der Waals surface area contributed by atoms with E-state index in [0.717, 1.165) is 6.61 Å². The number of ether oxygens (including phenoxy) is 1. The summed E-state index contributed by atoms with van der Waals surface area (Å²) in [5.74, 6) is 2.02. The lowest BCUT2D eigenvalue weighted by molar-refractivity contribution is 0.112. The molecule has 0 amide bonds. The first-order chi connectivity index (χ1) is 6.04. The van der Waals surface area contributed by atoms with Gasteiger partial charge in [0.2, 0.25) is 0 Å². The highest BCUT2D eigenvalue weighted by molar-refractivity contribution is 7.80. The predicted molar refractivity (Wildman–Crippen MR) is 62.4 cm³/mol. The van der Waals surface area contributed by atoms with Crippen molar-refractivity contribution < 1.29 is 4.74 Å². The Morgan fingerprint density at radius 2 is 1.77 bits per heavy atom. The van der Waals surface area contributed by atoms with Crippen LogP contribution >= 0.6 is 12.6 Å². The maximum absolute atomic E-state index is 5.17. The summed E-state index contributed by atoms with van der Waals surface area (Å²) < 4.78 is 5.17. The second kappa shape index (κ2) is 6.72. The lowest BCUT2D eigenvalue weighted by atomic mass is 9.81. The molecule has 0 N–H and O–H groups in total. The van der Waals surface area contributed by atoms with Crippen molar-refractivity contribution in [1.82, 2.24) is 0 Å². The highest BCUT2D eigenvalue weighted by Gasteiger charge is 2.24. The van der Waals surface area contributed by atoms with Crippen LogP contribution < -0.4 is 0 Å². The van der Waals surface area contributed by atoms with E-state index in [1.54, 1.807) is 7.11 Å². The average molecular weight is 204 g/mol. The SMILES string of the molecule is CCC(C(C)S)C(C)C(C)COC. The summed E-state index contributed by atoms with van der Waals surface area (Å²) in [6.07, 6.45) is 1.21. The van der Waals surface area contributed by atoms with E-state index >= 15 is 0 Å². The van der Waals surface area contributed by atoms with Gasteiger partial charge in [-0.25, -0.2) is 0 Å². The molecular formula is C11H24OS. The van der Waals surface area contributed by atoms with E-state index in [1.165, 1.54) is 6.42 Å². The Hall–Kier alpha value is 0.310. The van der Waals surface area contributed by atoms with Crippen LogP contribution in [0.2, 0.25) is 0 Å². The van der Waals surface area contributed by atoms with Gasteiger partial charge in [0, 0.05) is 19.0 Å². The zero-order chi connectivity index (χ0) is 10.4. The van der Waals surface area contributed by atoms with Crippen LogP contribution in [-0.4, -0.2) is 19.0 Å². The van der Waals surface area contributed by atoms with Crippen LogP contribution in [0.15, 0.2) is 0 Å². The minimum Gasteiger partial charge on any atom is -0.384 e. The van der Waals surface area contributed by atoms with Crippen LogP contribution in [0.3, 0.4) is 0 Å². The summed E-state index contributed by atoms with van der Waals surface area (Å²) in [4.78, 5) is 0. The molecule has 0 aromatic rings. The number of rotatable bonds is 6. The lowest BCUT2D eigenvalue weighted by Crippen LogP contribution is -2.27. The summed E-state index contributed by atoms with van der Waals surface area (Å²) in [6.45, 7) is 9.86. The Kier molecular flexibility index (Phi) is 6.88. The van der Waals surface area contributed by atoms with Gasteiger partial charge in [0.1, 0.15) is 0 Å². The van der Waals surface area contributed by atoms with Crippen LogP contribution in [0, 0.1) is 17.8 Å². The molecule has 0 rings (SSSR count). The van der Waals surface area contributed by atoms with Gasteiger partial charge in [0.25, 0.3) is 0 Å². The molecule has 0 radical (unpaired) electrons. The first-order valence-corrected chi connectivity index (χ1v) is 5.73. The molecule has 13 heavy (non-hydrogen) atoms. The fourth-order valence-electron chi connectivity index (χ4n) is 1.99. The third-order valence-corrected chi connectivity index (χ3v) is 3.48. The van der Waals surface area contributed by atoms with Gasteiger partial charge < -0.3 is 4.74 Å². The van der Waals surface area contributed by atoms with Crippen molar-refractivity contribution in [2.24, 2.45) is 17.8 Å². The number of thiol groups is 1. The fraction of sp³-hybridized carbons (Fsp3) is 1.00. The lowest BCUT2D eigenvalue weighted by Gasteiger charge is -2.30. The first-order valence-electron chi connectivity index (χ1n) is 5.21. The predicted octanol–water partition coefficient (Wildman–Crippen LogP) is 3.25. The Labute approximate surface area is 88.7 Å². The third-order valence-electron chi connectivity index (χ3n) is 3.09. The number of methoxy groups -OCH3 is 1. The zero-order valence-electron chi connectivity index (χ0n) is 9.58. The molecule has 4 atom stereocenters. The van der Waals surface area contributed by atoms with E-state index in [1.807, 2.05) is 0 Å². The number of hydrogen-bond acceptors (Lipinski definition) is 2. The molecule has 0 aliphatic heterocycles. The van der Waals surface area contributed by atoms with Crippen molar-refractivity contribution in [2.45, 2.75) is 39.4 Å². The van der Waals surface area contributed by atoms with Crippen LogP contribution in [0.4, 0.5) is 0 Å². The molecule has 0 fully saturated rings. The molecule has 0 saturated heterocycles. The summed E-state index contributed by atoms with van der Waals surface area (Å²) >= 11 is 4.53. The largest absolute Gasteiger partial charge is 0.384 e. The molecule has 0 spiro atoms. The molecule has 1 nitrogen and oxygen atoms in total. The topological polar surface area (TPSA) is 9.23 Å². The van der Waals surface area contributed by atoms with Gasteiger partial charge in [0.15, 0.2) is 0 Å². The normalized spacial score (nSPS) is 20.8. The molecule has 0 bridgehead atoms. The van der Waals surface area contributed by atoms with Crippen molar-refractivity contribution in [3.63, 3.8) is 0 Å². The summed E-state index contributed by atoms with van der Waals surface area (Å²) in [5.41, 5.74) is 0. The second-order valence-electron chi connectivity index (χ2n) is 4.10. The van der Waals surface area contributed by atoms with Crippen molar-refractivity contribution in [2.75, 3.05) is 13.7 Å². The molecule has 0 aromatic carbocycles. The average Bonchev–Trinajstić information content (AvgIpc) is 2.05. The maximum atomic E-state index is 5.17. The van der Waals surface area contributed by atoms with Crippen LogP contribution in [0.5, 0.6) is 0 Å². The van der Waals surface area contributed by atoms with E-state index in [4.69, 9.17) is 4.74 Å². The monoisotopic (exact) mass is 204 g/mol. The van der Waals surface area contributed by atoms with Gasteiger partial charge in [-0.15, -0.1) is 0 Å². The van der Waals surface area contributed by atoms with E-state index in [9.17, 15) is 0 Å². The van der Waals surface area contributed by atoms with Crippen LogP contribution in [-0.2, 0) is 4.74 Å². The zero-order valence-corrected chi connectivity index (χ0v) is 10.5. The molecule has 0 saturated carbocycles. The molecule has 0 aromatic heterocycles. The minimum atomic E-state index is 0.485. The van der Waals surface area contributed by atoms with Gasteiger partial charge in [-0.2, -0.15) is 12.6 Å². The van der Waals surface area contributed by atoms with Crippen molar-refractivity contribution >= 4 is 12.6 Å². The van der Waals surface area contributed by atoms with Crippen LogP contribution in [0.1, 0.15) is 34.1 Å². The van der Waals surface area contributed by atoms with E-state index < -0.39 is 0 Å². The van der Waals surface area contributed by atoms with E-state index in [-0.39, 0.29) is 0 Å². The van der Waals surface area contributed by atoms with Crippen molar-refractivity contribution in [3.05, 3.63) is 0 Å². The van der Waals surface area contributed by atoms with Gasteiger partial charge >= 0.3 is 0 Å². The molecular weight excluding hydrogens is 180 g/mol. The van der Waals surface area contributed by atoms with Gasteiger partial charge in [-0.1, -0.05) is 34.1 Å². The summed E-state index contributed by atoms with van der Waals surface area (Å²) in [6, 6.07) is 0. The smallest absolute Gasteiger partial charge is 0.0490 e. The maximum Gasteiger partial charge on any atom is 0.0490 e. The Morgan fingerprint density at radius 1 is 1.23 bits per heavy atom. The Bertz CT molecular complexity index is 125. The van der Waals surface area contributed by atoms with Crippen molar-refractivity contribution in [3.8, 4) is 0 Å². The highest BCUT2D eigenvalue weighted by Crippen LogP contribution is 2.28. The molecule has 0 aliphatic carbocycles. The molecule has 2 heteroatoms. The van der Waals surface area contributed by atoms with E-state index in [2.05, 4.69) is 40.3 Å². The molecule has 0 aliphatic rings. The van der Waals surface area contributed by atoms with Crippen molar-refractivity contribution in [1.29, 1.82) is 0 Å². The molecule has 4 unspecified atom stereocenters. The Morgan fingerprint density at radius 3 is 2.08 bits per heavy atom. The summed E-state index contributed by atoms with van der Waals surface area (Å²) in [5, 5.41) is 0.485. The highest BCUT2D eigenvalue weighted by atomic mass is 32.1. The summed E-state index contributed by atoms with van der Waals surface area (Å²) in [7, 11) is 1.77. The van der Waals surface area contributed by atoms with Crippen LogP contribution in [0.25, 0.3) is 0 Å². The number of hydrogen-bond donors (Lipinski definition) is 1. The van der Waals surface area contributed by atoms with Gasteiger partial charge in [-0.05, 0) is 17.8 Å². The fourth-order valence-corrected chi connectivity index (χ4v) is 2.47. The quantitative estimate of drug-likeness (QED) is 0.653. The van der Waals surface area contributed by atoms with Gasteiger partial charge in [0.05, 0.1) is 0 Å². The minimum absolute atomic E-state index is 0.485. The van der Waals surface area contributed by atoms with Gasteiger partial charge in [-0.3, -0.25) is 0 Å². The molecule has 0 heterocycles. The van der Waals surface area contributed by atoms with E-state index in [0.29, 0.717) is 23.0 Å². The first kappa shape index (κ1) is 13.3. The standard InChI is InChI=1S/C11H24OS/c1-6-11(10(4)13)9(3)8(2)7-12-5/h8-11,13H,6-7H2,1-5H3. The molecule has 80 valence electrons.